The Morgan fingerprint density at radius 3 is 1.26 bits per heavy atom. The Kier molecular flexibility index (Phi) is 4.54. The summed E-state index contributed by atoms with van der Waals surface area (Å²) in [6.07, 6.45) is 0. The zero-order valence-corrected chi connectivity index (χ0v) is 27.5. The maximum Gasteiger partial charge on any atom is 0.252 e. The fourth-order valence-corrected chi connectivity index (χ4v) is 10.2. The fourth-order valence-electron chi connectivity index (χ4n) is 10.0. The molecule has 13 rings (SSSR count). The van der Waals surface area contributed by atoms with Crippen LogP contribution in [-0.4, -0.2) is 15.8 Å². The second kappa shape index (κ2) is 8.76. The lowest BCUT2D eigenvalue weighted by Crippen LogP contribution is -2.59. The first-order valence-electron chi connectivity index (χ1n) is 17.3. The maximum atomic E-state index is 7.25. The highest BCUT2D eigenvalue weighted by molar-refractivity contribution is 7.00. The number of hydrogen-bond donors (Lipinski definition) is 0. The zero-order chi connectivity index (χ0) is 32.4. The van der Waals surface area contributed by atoms with Crippen LogP contribution in [0.4, 0.5) is 0 Å². The normalized spacial score (nSPS) is 13.3. The van der Waals surface area contributed by atoms with Gasteiger partial charge in [0.1, 0.15) is 0 Å². The topological polar surface area (TPSA) is 9.86 Å². The van der Waals surface area contributed by atoms with Crippen LogP contribution in [0.2, 0.25) is 5.02 Å². The summed E-state index contributed by atoms with van der Waals surface area (Å²) in [7, 11) is 0. The van der Waals surface area contributed by atoms with Gasteiger partial charge in [0.15, 0.2) is 0 Å². The highest BCUT2D eigenvalue weighted by Crippen LogP contribution is 2.46. The summed E-state index contributed by atoms with van der Waals surface area (Å²) in [4.78, 5) is 0. The van der Waals surface area contributed by atoms with E-state index in [0.717, 1.165) is 5.02 Å². The molecule has 0 bridgehead atoms. The average Bonchev–Trinajstić information content (AvgIpc) is 3.71. The molecular formula is C46H24BClN2. The van der Waals surface area contributed by atoms with E-state index in [1.54, 1.807) is 0 Å². The molecule has 0 amide bonds. The molecule has 4 heterocycles. The molecule has 9 aromatic carbocycles. The van der Waals surface area contributed by atoms with Gasteiger partial charge in [-0.3, -0.25) is 0 Å². The molecule has 2 aliphatic heterocycles. The van der Waals surface area contributed by atoms with Crippen LogP contribution in [-0.2, 0) is 0 Å². The van der Waals surface area contributed by atoms with E-state index in [1.165, 1.54) is 114 Å². The number of fused-ring (bicyclic) bond motifs is 18. The summed E-state index contributed by atoms with van der Waals surface area (Å²) in [5.74, 6) is 0. The minimum atomic E-state index is 0.0302. The van der Waals surface area contributed by atoms with Crippen molar-refractivity contribution in [1.29, 1.82) is 0 Å². The Hall–Kier alpha value is -6.03. The smallest absolute Gasteiger partial charge is 0.252 e. The van der Waals surface area contributed by atoms with Gasteiger partial charge in [-0.25, -0.2) is 0 Å². The molecule has 0 N–H and O–H groups in total. The van der Waals surface area contributed by atoms with Crippen LogP contribution in [0.3, 0.4) is 0 Å². The number of benzene rings is 9. The van der Waals surface area contributed by atoms with Crippen LogP contribution in [0.15, 0.2) is 146 Å². The van der Waals surface area contributed by atoms with Gasteiger partial charge < -0.3 is 9.13 Å². The van der Waals surface area contributed by atoms with Crippen molar-refractivity contribution in [1.82, 2.24) is 9.13 Å². The Morgan fingerprint density at radius 2 is 0.800 bits per heavy atom. The highest BCUT2D eigenvalue weighted by atomic mass is 35.5. The molecule has 0 saturated heterocycles. The zero-order valence-electron chi connectivity index (χ0n) is 26.7. The molecule has 0 fully saturated rings. The average molecular weight is 651 g/mol. The van der Waals surface area contributed by atoms with Crippen molar-refractivity contribution in [2.75, 3.05) is 0 Å². The van der Waals surface area contributed by atoms with Crippen molar-refractivity contribution in [3.8, 4) is 11.4 Å². The number of halogens is 1. The van der Waals surface area contributed by atoms with Crippen molar-refractivity contribution in [3.63, 3.8) is 0 Å². The number of nitrogens with zero attached hydrogens (tertiary/aromatic N) is 2. The SMILES string of the molecule is Clc1cc2c3c(c1)-n1c4ccc5ccccc5c4c4c5ccccc5cc(c41)B3c1cc3ccccc3c3c4c5ccccc5ccc4n-2c13. The minimum Gasteiger partial charge on any atom is -0.310 e. The van der Waals surface area contributed by atoms with Crippen LogP contribution < -0.4 is 16.4 Å². The molecule has 0 atom stereocenters. The third-order valence-electron chi connectivity index (χ3n) is 11.8. The van der Waals surface area contributed by atoms with Crippen molar-refractivity contribution >= 4 is 121 Å². The summed E-state index contributed by atoms with van der Waals surface area (Å²) < 4.78 is 5.06. The van der Waals surface area contributed by atoms with Crippen LogP contribution in [0.25, 0.3) is 98.1 Å². The monoisotopic (exact) mass is 650 g/mol. The van der Waals surface area contributed by atoms with E-state index in [-0.39, 0.29) is 6.71 Å². The first-order chi connectivity index (χ1) is 24.7. The summed E-state index contributed by atoms with van der Waals surface area (Å²) in [5, 5.41) is 16.2. The summed E-state index contributed by atoms with van der Waals surface area (Å²) in [5.41, 5.74) is 11.4. The van der Waals surface area contributed by atoms with Gasteiger partial charge in [-0.2, -0.15) is 0 Å². The van der Waals surface area contributed by atoms with E-state index >= 15 is 0 Å². The lowest BCUT2D eigenvalue weighted by atomic mass is 9.34. The van der Waals surface area contributed by atoms with Gasteiger partial charge in [-0.05, 0) is 83.7 Å². The van der Waals surface area contributed by atoms with Gasteiger partial charge >= 0.3 is 0 Å². The Morgan fingerprint density at radius 1 is 0.400 bits per heavy atom. The van der Waals surface area contributed by atoms with E-state index in [9.17, 15) is 0 Å². The third-order valence-corrected chi connectivity index (χ3v) is 12.1. The van der Waals surface area contributed by atoms with Gasteiger partial charge in [0.25, 0.3) is 6.71 Å². The molecule has 0 radical (unpaired) electrons. The quantitative estimate of drug-likeness (QED) is 0.145. The fraction of sp³-hybridized carbons (Fsp3) is 0. The maximum absolute atomic E-state index is 7.25. The van der Waals surface area contributed by atoms with E-state index in [0.29, 0.717) is 0 Å². The largest absolute Gasteiger partial charge is 0.310 e. The van der Waals surface area contributed by atoms with E-state index in [2.05, 4.69) is 155 Å². The van der Waals surface area contributed by atoms with E-state index < -0.39 is 0 Å². The van der Waals surface area contributed by atoms with Crippen molar-refractivity contribution < 1.29 is 0 Å². The van der Waals surface area contributed by atoms with Gasteiger partial charge in [-0.1, -0.05) is 133 Å². The van der Waals surface area contributed by atoms with Crippen molar-refractivity contribution in [2.45, 2.75) is 0 Å². The second-order valence-electron chi connectivity index (χ2n) is 14.1. The summed E-state index contributed by atoms with van der Waals surface area (Å²) in [6, 6.07) is 54.2. The Balaban J connectivity index is 1.33. The second-order valence-corrected chi connectivity index (χ2v) is 14.6. The summed E-state index contributed by atoms with van der Waals surface area (Å²) >= 11 is 7.25. The molecule has 228 valence electrons. The van der Waals surface area contributed by atoms with Gasteiger partial charge in [0, 0.05) is 37.9 Å². The van der Waals surface area contributed by atoms with Gasteiger partial charge in [-0.15, -0.1) is 0 Å². The van der Waals surface area contributed by atoms with Gasteiger partial charge in [0.05, 0.1) is 22.1 Å². The molecule has 50 heavy (non-hydrogen) atoms. The van der Waals surface area contributed by atoms with Crippen molar-refractivity contribution in [2.24, 2.45) is 0 Å². The standard InChI is InChI=1S/C46H24BClN2/c48-29-23-38-44-39(24-29)50-37-20-18-26-10-2-6-14-31(26)41(37)43-33-16-8-4-12-28(33)22-35(46(43)50)47(44)34-21-27-11-3-7-15-32(27)42-40-30-13-5-1-9-25(30)17-19-36(40)49(38)45(34)42/h1-24H. The molecule has 2 aliphatic rings. The molecule has 0 unspecified atom stereocenters. The van der Waals surface area contributed by atoms with Crippen LogP contribution in [0.5, 0.6) is 0 Å². The predicted molar refractivity (Wildman–Crippen MR) is 215 cm³/mol. The first-order valence-corrected chi connectivity index (χ1v) is 17.7. The minimum absolute atomic E-state index is 0.0302. The molecular weight excluding hydrogens is 627 g/mol. The Labute approximate surface area is 291 Å². The number of aromatic nitrogens is 2. The predicted octanol–water partition coefficient (Wildman–Crippen LogP) is 10.3. The van der Waals surface area contributed by atoms with E-state index in [4.69, 9.17) is 11.6 Å². The van der Waals surface area contributed by atoms with Crippen LogP contribution in [0.1, 0.15) is 0 Å². The first kappa shape index (κ1) is 25.9. The molecule has 2 aromatic heterocycles. The molecule has 2 nitrogen and oxygen atoms in total. The molecule has 0 saturated carbocycles. The van der Waals surface area contributed by atoms with Gasteiger partial charge in [0.2, 0.25) is 0 Å². The van der Waals surface area contributed by atoms with Crippen LogP contribution in [0, 0.1) is 0 Å². The third kappa shape index (κ3) is 2.90. The van der Waals surface area contributed by atoms with Crippen LogP contribution >= 0.6 is 11.6 Å². The lowest BCUT2D eigenvalue weighted by molar-refractivity contribution is 1.14. The molecule has 4 heteroatoms. The number of rotatable bonds is 0. The molecule has 0 aliphatic carbocycles. The summed E-state index contributed by atoms with van der Waals surface area (Å²) in [6.45, 7) is 0.0302. The van der Waals surface area contributed by atoms with E-state index in [1.807, 2.05) is 0 Å². The molecule has 11 aromatic rings. The molecule has 0 spiro atoms. The Bertz CT molecular complexity index is 3180. The van der Waals surface area contributed by atoms with Crippen molar-refractivity contribution in [3.05, 3.63) is 151 Å². The number of hydrogen-bond acceptors (Lipinski definition) is 0. The highest BCUT2D eigenvalue weighted by Gasteiger charge is 2.42. The lowest BCUT2D eigenvalue weighted by Gasteiger charge is -2.34.